The van der Waals surface area contributed by atoms with Gasteiger partial charge in [0.05, 0.1) is 5.92 Å². The van der Waals surface area contributed by atoms with Crippen molar-refractivity contribution in [1.29, 1.82) is 5.41 Å². The van der Waals surface area contributed by atoms with Gasteiger partial charge >= 0.3 is 0 Å². The lowest BCUT2D eigenvalue weighted by Crippen LogP contribution is -2.44. The summed E-state index contributed by atoms with van der Waals surface area (Å²) in [6.45, 7) is 6.61. The normalized spacial score (nSPS) is 17.0. The standard InChI is InChI=1S/C29H31N3O2/c1-4-32(20(2)3)28(34)22-13-11-12-21(18-22)19-25-26(33)29(31-27(25)30,23-14-7-5-8-15-23)24-16-9-6-10-17-24/h5-18,20,25H,4,19H2,1-3H3,(H2,30,31). The van der Waals surface area contributed by atoms with Crippen LogP contribution < -0.4 is 5.32 Å². The number of benzene rings is 3. The van der Waals surface area contributed by atoms with Gasteiger partial charge in [0.25, 0.3) is 5.91 Å². The number of ketones is 1. The summed E-state index contributed by atoms with van der Waals surface area (Å²) in [5.41, 5.74) is 2.01. The number of amides is 1. The third kappa shape index (κ3) is 4.14. The van der Waals surface area contributed by atoms with Gasteiger partial charge in [0.15, 0.2) is 5.78 Å². The molecule has 1 heterocycles. The lowest BCUT2D eigenvalue weighted by molar-refractivity contribution is -0.124. The summed E-state index contributed by atoms with van der Waals surface area (Å²) in [5.74, 6) is -0.498. The van der Waals surface area contributed by atoms with Crippen molar-refractivity contribution in [2.45, 2.75) is 38.8 Å². The second kappa shape index (κ2) is 9.64. The molecule has 3 aromatic carbocycles. The lowest BCUT2D eigenvalue weighted by atomic mass is 9.77. The lowest BCUT2D eigenvalue weighted by Gasteiger charge is -2.29. The average molecular weight is 454 g/mol. The summed E-state index contributed by atoms with van der Waals surface area (Å²) in [6.07, 6.45) is 0.362. The molecule has 0 aromatic heterocycles. The Morgan fingerprint density at radius 2 is 1.56 bits per heavy atom. The zero-order valence-corrected chi connectivity index (χ0v) is 19.9. The van der Waals surface area contributed by atoms with Gasteiger partial charge in [-0.3, -0.25) is 15.0 Å². The van der Waals surface area contributed by atoms with E-state index in [2.05, 4.69) is 5.32 Å². The van der Waals surface area contributed by atoms with E-state index >= 15 is 0 Å². The van der Waals surface area contributed by atoms with Crippen LogP contribution >= 0.6 is 0 Å². The highest BCUT2D eigenvalue weighted by Crippen LogP contribution is 2.38. The fourth-order valence-corrected chi connectivity index (χ4v) is 4.89. The van der Waals surface area contributed by atoms with Crippen LogP contribution in [0.1, 0.15) is 47.8 Å². The van der Waals surface area contributed by atoms with Gasteiger partial charge in [-0.15, -0.1) is 0 Å². The highest BCUT2D eigenvalue weighted by Gasteiger charge is 2.52. The number of carbonyl (C=O) groups excluding carboxylic acids is 2. The Kier molecular flexibility index (Phi) is 6.64. The van der Waals surface area contributed by atoms with Crippen LogP contribution in [0.3, 0.4) is 0 Å². The maximum absolute atomic E-state index is 14.0. The van der Waals surface area contributed by atoms with Gasteiger partial charge in [-0.25, -0.2) is 0 Å². The SMILES string of the molecule is CCN(C(=O)c1cccc(CC2C(=N)NC(c3ccccc3)(c3ccccc3)C2=O)c1)C(C)C. The Labute approximate surface area is 201 Å². The van der Waals surface area contributed by atoms with Crippen LogP contribution in [0.5, 0.6) is 0 Å². The summed E-state index contributed by atoms with van der Waals surface area (Å²) >= 11 is 0. The first kappa shape index (κ1) is 23.4. The van der Waals surface area contributed by atoms with Crippen LogP contribution in [0, 0.1) is 11.3 Å². The summed E-state index contributed by atoms with van der Waals surface area (Å²) in [4.78, 5) is 28.9. The molecule has 1 aliphatic rings. The number of hydrogen-bond acceptors (Lipinski definition) is 3. The van der Waals surface area contributed by atoms with E-state index in [1.165, 1.54) is 0 Å². The average Bonchev–Trinajstić information content (AvgIpc) is 3.11. The first-order valence-electron chi connectivity index (χ1n) is 11.8. The van der Waals surface area contributed by atoms with E-state index in [0.717, 1.165) is 16.7 Å². The minimum atomic E-state index is -1.10. The van der Waals surface area contributed by atoms with Crippen molar-refractivity contribution in [2.24, 2.45) is 5.92 Å². The molecular weight excluding hydrogens is 422 g/mol. The van der Waals surface area contributed by atoms with E-state index in [1.54, 1.807) is 0 Å². The second-order valence-corrected chi connectivity index (χ2v) is 9.03. The first-order chi connectivity index (χ1) is 16.4. The summed E-state index contributed by atoms with van der Waals surface area (Å²) < 4.78 is 0. The Morgan fingerprint density at radius 3 is 2.09 bits per heavy atom. The molecule has 0 saturated carbocycles. The van der Waals surface area contributed by atoms with Crippen LogP contribution in [0.25, 0.3) is 0 Å². The van der Waals surface area contributed by atoms with Gasteiger partial charge < -0.3 is 10.2 Å². The van der Waals surface area contributed by atoms with Crippen LogP contribution in [0.2, 0.25) is 0 Å². The van der Waals surface area contributed by atoms with Gasteiger partial charge in [0.2, 0.25) is 0 Å². The molecule has 174 valence electrons. The summed E-state index contributed by atoms with van der Waals surface area (Å²) in [6, 6.07) is 26.8. The number of Topliss-reactive ketones (excluding diaryl/α,β-unsaturated/α-hetero) is 1. The van der Waals surface area contributed by atoms with Gasteiger partial charge in [-0.05, 0) is 56.0 Å². The highest BCUT2D eigenvalue weighted by molar-refractivity contribution is 6.16. The number of carbonyl (C=O) groups is 2. The maximum atomic E-state index is 14.0. The molecule has 34 heavy (non-hydrogen) atoms. The van der Waals surface area contributed by atoms with E-state index in [-0.39, 0.29) is 23.6 Å². The Hall–Kier alpha value is -3.73. The number of hydrogen-bond donors (Lipinski definition) is 2. The third-order valence-electron chi connectivity index (χ3n) is 6.61. The van der Waals surface area contributed by atoms with Crippen molar-refractivity contribution >= 4 is 17.5 Å². The Bertz CT molecular complexity index is 1150. The van der Waals surface area contributed by atoms with Gasteiger partial charge in [0.1, 0.15) is 11.4 Å². The fraction of sp³-hybridized carbons (Fsp3) is 0.276. The van der Waals surface area contributed by atoms with Crippen molar-refractivity contribution in [3.8, 4) is 0 Å². The van der Waals surface area contributed by atoms with Crippen LogP contribution in [-0.2, 0) is 16.8 Å². The Balaban J connectivity index is 1.68. The molecule has 3 aromatic rings. The van der Waals surface area contributed by atoms with E-state index in [1.807, 2.05) is 111 Å². The number of nitrogens with one attached hydrogen (secondary N) is 2. The highest BCUT2D eigenvalue weighted by atomic mass is 16.2. The smallest absolute Gasteiger partial charge is 0.254 e. The molecule has 1 unspecified atom stereocenters. The van der Waals surface area contributed by atoms with Crippen LogP contribution in [0.15, 0.2) is 84.9 Å². The van der Waals surface area contributed by atoms with E-state index in [9.17, 15) is 9.59 Å². The van der Waals surface area contributed by atoms with Crippen molar-refractivity contribution in [1.82, 2.24) is 10.2 Å². The minimum Gasteiger partial charge on any atom is -0.354 e. The van der Waals surface area contributed by atoms with E-state index in [4.69, 9.17) is 5.41 Å². The largest absolute Gasteiger partial charge is 0.354 e. The second-order valence-electron chi connectivity index (χ2n) is 9.03. The Morgan fingerprint density at radius 1 is 0.971 bits per heavy atom. The molecular formula is C29H31N3O2. The van der Waals surface area contributed by atoms with Gasteiger partial charge in [-0.1, -0.05) is 72.8 Å². The molecule has 1 aliphatic heterocycles. The van der Waals surface area contributed by atoms with Crippen molar-refractivity contribution < 1.29 is 9.59 Å². The molecule has 5 nitrogen and oxygen atoms in total. The van der Waals surface area contributed by atoms with Crippen molar-refractivity contribution in [3.05, 3.63) is 107 Å². The predicted octanol–water partition coefficient (Wildman–Crippen LogP) is 4.81. The molecule has 0 aliphatic carbocycles. The molecule has 2 N–H and O–H groups in total. The minimum absolute atomic E-state index is 0.0202. The molecule has 5 heteroatoms. The number of rotatable bonds is 7. The molecule has 0 spiro atoms. The van der Waals surface area contributed by atoms with E-state index in [0.29, 0.717) is 18.5 Å². The summed E-state index contributed by atoms with van der Waals surface area (Å²) in [5, 5.41) is 12.0. The quantitative estimate of drug-likeness (QED) is 0.539. The van der Waals surface area contributed by atoms with Crippen molar-refractivity contribution in [3.63, 3.8) is 0 Å². The number of amidine groups is 1. The molecule has 0 bridgehead atoms. The monoisotopic (exact) mass is 453 g/mol. The van der Waals surface area contributed by atoms with Gasteiger partial charge in [-0.2, -0.15) is 0 Å². The molecule has 1 saturated heterocycles. The zero-order chi connectivity index (χ0) is 24.3. The molecule has 1 fully saturated rings. The molecule has 0 radical (unpaired) electrons. The maximum Gasteiger partial charge on any atom is 0.254 e. The molecule has 4 rings (SSSR count). The summed E-state index contributed by atoms with van der Waals surface area (Å²) in [7, 11) is 0. The van der Waals surface area contributed by atoms with Gasteiger partial charge in [0, 0.05) is 18.2 Å². The van der Waals surface area contributed by atoms with Crippen molar-refractivity contribution in [2.75, 3.05) is 6.54 Å². The van der Waals surface area contributed by atoms with Crippen LogP contribution in [0.4, 0.5) is 0 Å². The fourth-order valence-electron chi connectivity index (χ4n) is 4.89. The number of nitrogens with zero attached hydrogens (tertiary/aromatic N) is 1. The predicted molar refractivity (Wildman–Crippen MR) is 135 cm³/mol. The molecule has 1 amide bonds. The third-order valence-corrected chi connectivity index (χ3v) is 6.61. The first-order valence-corrected chi connectivity index (χ1v) is 11.8. The zero-order valence-electron chi connectivity index (χ0n) is 19.9. The van der Waals surface area contributed by atoms with E-state index < -0.39 is 11.5 Å². The topological polar surface area (TPSA) is 73.3 Å². The van der Waals surface area contributed by atoms with Crippen LogP contribution in [-0.4, -0.2) is 35.0 Å². The molecule has 1 atom stereocenters.